The number of aromatic nitrogens is 4. The number of rotatable bonds is 5. The zero-order valence-electron chi connectivity index (χ0n) is 14.2. The molecular formula is C17H23N5OS. The zero-order chi connectivity index (χ0) is 16.7. The lowest BCUT2D eigenvalue weighted by Gasteiger charge is -2.14. The van der Waals surface area contributed by atoms with Gasteiger partial charge >= 0.3 is 0 Å². The average molecular weight is 345 g/mol. The summed E-state index contributed by atoms with van der Waals surface area (Å²) in [6, 6.07) is 2.17. The van der Waals surface area contributed by atoms with Crippen molar-refractivity contribution in [1.82, 2.24) is 19.4 Å². The topological polar surface area (TPSA) is 60.1 Å². The Bertz CT molecular complexity index is 821. The van der Waals surface area contributed by atoms with Gasteiger partial charge in [-0.1, -0.05) is 0 Å². The fourth-order valence-electron chi connectivity index (χ4n) is 3.37. The number of hydrogen-bond donors (Lipinski definition) is 1. The predicted molar refractivity (Wildman–Crippen MR) is 95.3 cm³/mol. The summed E-state index contributed by atoms with van der Waals surface area (Å²) < 4.78 is 10.4. The van der Waals surface area contributed by atoms with E-state index in [1.807, 2.05) is 6.21 Å². The van der Waals surface area contributed by atoms with E-state index in [9.17, 15) is 0 Å². The minimum Gasteiger partial charge on any atom is -0.376 e. The van der Waals surface area contributed by atoms with Crippen molar-refractivity contribution in [1.29, 1.82) is 0 Å². The maximum Gasteiger partial charge on any atom is 0.216 e. The fraction of sp³-hybridized carbons (Fsp3) is 0.588. The number of nitrogens with one attached hydrogen (secondary N) is 1. The van der Waals surface area contributed by atoms with Gasteiger partial charge in [0.15, 0.2) is 5.82 Å². The van der Waals surface area contributed by atoms with Crippen LogP contribution in [0.1, 0.15) is 54.4 Å². The maximum atomic E-state index is 5.77. The maximum absolute atomic E-state index is 5.77. The molecule has 7 heteroatoms. The van der Waals surface area contributed by atoms with Crippen molar-refractivity contribution in [3.8, 4) is 0 Å². The second-order valence-electron chi connectivity index (χ2n) is 6.79. The van der Waals surface area contributed by atoms with Gasteiger partial charge < -0.3 is 9.30 Å². The summed E-state index contributed by atoms with van der Waals surface area (Å²) in [6.07, 6.45) is 6.89. The lowest BCUT2D eigenvalue weighted by Crippen LogP contribution is -2.16. The smallest absolute Gasteiger partial charge is 0.216 e. The number of nitrogens with zero attached hydrogens (tertiary/aromatic N) is 4. The number of hydrogen-bond acceptors (Lipinski definition) is 4. The highest BCUT2D eigenvalue weighted by Gasteiger charge is 2.29. The Morgan fingerprint density at radius 2 is 2.25 bits per heavy atom. The molecular weight excluding hydrogens is 322 g/mol. The molecule has 0 bridgehead atoms. The molecule has 1 aliphatic carbocycles. The van der Waals surface area contributed by atoms with Crippen LogP contribution in [0.5, 0.6) is 0 Å². The lowest BCUT2D eigenvalue weighted by molar-refractivity contribution is 0.0962. The van der Waals surface area contributed by atoms with Crippen molar-refractivity contribution in [2.24, 2.45) is 5.10 Å². The second-order valence-corrected chi connectivity index (χ2v) is 7.18. The Balaban J connectivity index is 1.58. The second kappa shape index (κ2) is 6.29. The molecule has 6 nitrogen and oxygen atoms in total. The summed E-state index contributed by atoms with van der Waals surface area (Å²) in [4.78, 5) is 0. The van der Waals surface area contributed by atoms with Crippen LogP contribution in [0, 0.1) is 18.6 Å². The zero-order valence-corrected chi connectivity index (χ0v) is 15.0. The fourth-order valence-corrected chi connectivity index (χ4v) is 3.56. The van der Waals surface area contributed by atoms with Crippen molar-refractivity contribution in [2.45, 2.75) is 58.1 Å². The molecule has 4 rings (SSSR count). The molecule has 1 atom stereocenters. The van der Waals surface area contributed by atoms with Crippen LogP contribution in [0.15, 0.2) is 11.2 Å². The van der Waals surface area contributed by atoms with Crippen LogP contribution in [0.2, 0.25) is 0 Å². The van der Waals surface area contributed by atoms with Gasteiger partial charge in [-0.25, -0.2) is 0 Å². The summed E-state index contributed by atoms with van der Waals surface area (Å²) in [5, 5.41) is 11.8. The normalized spacial score (nSPS) is 21.2. The van der Waals surface area contributed by atoms with E-state index in [-0.39, 0.29) is 0 Å². The molecule has 2 fully saturated rings. The van der Waals surface area contributed by atoms with Gasteiger partial charge in [0.25, 0.3) is 0 Å². The standard InChI is InChI=1S/C17H23N5OS/c1-11-8-14(12(2)21(11)10-15-4-3-7-23-15)9-18-22-16(13-5-6-13)19-20-17(22)24/h8-9,13,15H,3-7,10H2,1-2H3,(H,20,24)/b18-9-/t15-/m0/s1. The highest BCUT2D eigenvalue weighted by atomic mass is 32.1. The first kappa shape index (κ1) is 15.8. The van der Waals surface area contributed by atoms with Crippen LogP contribution < -0.4 is 0 Å². The Morgan fingerprint density at radius 1 is 1.42 bits per heavy atom. The van der Waals surface area contributed by atoms with Crippen molar-refractivity contribution in [2.75, 3.05) is 6.61 Å². The van der Waals surface area contributed by atoms with E-state index in [0.717, 1.165) is 31.0 Å². The van der Waals surface area contributed by atoms with Crippen LogP contribution in [0.25, 0.3) is 0 Å². The van der Waals surface area contributed by atoms with Crippen LogP contribution in [-0.2, 0) is 11.3 Å². The molecule has 2 aromatic rings. The largest absolute Gasteiger partial charge is 0.376 e. The lowest BCUT2D eigenvalue weighted by atomic mass is 10.2. The van der Waals surface area contributed by atoms with Crippen LogP contribution in [0.3, 0.4) is 0 Å². The van der Waals surface area contributed by atoms with Crippen molar-refractivity contribution < 1.29 is 4.74 Å². The Morgan fingerprint density at radius 3 is 2.96 bits per heavy atom. The van der Waals surface area contributed by atoms with Gasteiger partial charge in [-0.05, 0) is 57.8 Å². The molecule has 0 spiro atoms. The Kier molecular flexibility index (Phi) is 4.14. The van der Waals surface area contributed by atoms with Gasteiger partial charge in [-0.3, -0.25) is 5.10 Å². The van der Waals surface area contributed by atoms with Crippen LogP contribution >= 0.6 is 12.2 Å². The third-order valence-corrected chi connectivity index (χ3v) is 5.22. The summed E-state index contributed by atoms with van der Waals surface area (Å²) >= 11 is 5.30. The van der Waals surface area contributed by atoms with E-state index >= 15 is 0 Å². The SMILES string of the molecule is Cc1cc(/C=N\n2c(C3CC3)n[nH]c2=S)c(C)n1C[C@@H]1CCCO1. The van der Waals surface area contributed by atoms with Crippen LogP contribution in [0.4, 0.5) is 0 Å². The molecule has 1 N–H and O–H groups in total. The van der Waals surface area contributed by atoms with E-state index in [4.69, 9.17) is 17.0 Å². The quantitative estimate of drug-likeness (QED) is 0.668. The number of H-pyrrole nitrogens is 1. The summed E-state index contributed by atoms with van der Waals surface area (Å²) in [5.41, 5.74) is 3.58. The Labute approximate surface area is 146 Å². The highest BCUT2D eigenvalue weighted by Crippen LogP contribution is 2.38. The highest BCUT2D eigenvalue weighted by molar-refractivity contribution is 7.71. The van der Waals surface area contributed by atoms with E-state index in [2.05, 4.69) is 39.8 Å². The first-order chi connectivity index (χ1) is 11.6. The van der Waals surface area contributed by atoms with E-state index < -0.39 is 0 Å². The summed E-state index contributed by atoms with van der Waals surface area (Å²) in [7, 11) is 0. The predicted octanol–water partition coefficient (Wildman–Crippen LogP) is 3.30. The van der Waals surface area contributed by atoms with Gasteiger partial charge in [-0.2, -0.15) is 14.9 Å². The molecule has 2 aliphatic rings. The Hall–Kier alpha value is -1.73. The molecule has 128 valence electrons. The van der Waals surface area contributed by atoms with Crippen LogP contribution in [-0.4, -0.2) is 38.4 Å². The first-order valence-electron chi connectivity index (χ1n) is 8.63. The van der Waals surface area contributed by atoms with Crippen molar-refractivity contribution in [3.63, 3.8) is 0 Å². The molecule has 0 unspecified atom stereocenters. The molecule has 0 amide bonds. The molecule has 1 aliphatic heterocycles. The first-order valence-corrected chi connectivity index (χ1v) is 9.04. The van der Waals surface area contributed by atoms with Gasteiger partial charge in [-0.15, -0.1) is 0 Å². The van der Waals surface area contributed by atoms with Gasteiger partial charge in [0, 0.05) is 36.0 Å². The molecule has 0 radical (unpaired) electrons. The summed E-state index contributed by atoms with van der Waals surface area (Å²) in [6.45, 7) is 6.09. The monoisotopic (exact) mass is 345 g/mol. The number of aromatic amines is 1. The number of aryl methyl sites for hydroxylation is 1. The van der Waals surface area contributed by atoms with Crippen molar-refractivity contribution >= 4 is 18.4 Å². The molecule has 3 heterocycles. The van der Waals surface area contributed by atoms with E-state index in [1.54, 1.807) is 4.68 Å². The van der Waals surface area contributed by atoms with E-state index in [1.165, 1.54) is 30.7 Å². The third kappa shape index (κ3) is 2.98. The molecule has 1 saturated heterocycles. The minimum absolute atomic E-state index is 0.337. The minimum atomic E-state index is 0.337. The molecule has 24 heavy (non-hydrogen) atoms. The number of ether oxygens (including phenoxy) is 1. The summed E-state index contributed by atoms with van der Waals surface area (Å²) in [5.74, 6) is 1.45. The molecule has 0 aromatic carbocycles. The van der Waals surface area contributed by atoms with Gasteiger partial charge in [0.2, 0.25) is 4.77 Å². The molecule has 1 saturated carbocycles. The average Bonchev–Trinajstić information content (AvgIpc) is 3.05. The van der Waals surface area contributed by atoms with E-state index in [0.29, 0.717) is 16.8 Å². The van der Waals surface area contributed by atoms with Crippen molar-refractivity contribution in [3.05, 3.63) is 33.6 Å². The third-order valence-electron chi connectivity index (χ3n) is 4.95. The molecule has 2 aromatic heterocycles. The van der Waals surface area contributed by atoms with Gasteiger partial charge in [0.05, 0.1) is 12.3 Å². The van der Waals surface area contributed by atoms with Gasteiger partial charge in [0.1, 0.15) is 0 Å².